The standard InChI is InChI=1S/C26H27NO7S/c1-3-32-25(28)17-24(27-26(29)33-18-20-7-5-4-6-8-20)21-11-13-22(14-12-21)34-35(30,31)23-15-9-19(2)10-16-23/h4-16,24H,3,17-18H2,1-2H3,(H,27,29). The number of amides is 1. The van der Waals surface area contributed by atoms with E-state index in [2.05, 4.69) is 5.32 Å². The summed E-state index contributed by atoms with van der Waals surface area (Å²) in [5.74, 6) is -0.404. The molecular weight excluding hydrogens is 470 g/mol. The zero-order valence-corrected chi connectivity index (χ0v) is 20.3. The molecule has 0 heterocycles. The highest BCUT2D eigenvalue weighted by molar-refractivity contribution is 7.87. The van der Waals surface area contributed by atoms with E-state index in [9.17, 15) is 18.0 Å². The lowest BCUT2D eigenvalue weighted by Crippen LogP contribution is -2.31. The van der Waals surface area contributed by atoms with Crippen molar-refractivity contribution in [1.29, 1.82) is 0 Å². The van der Waals surface area contributed by atoms with Crippen LogP contribution in [0.2, 0.25) is 0 Å². The number of aryl methyl sites for hydroxylation is 1. The molecule has 0 saturated heterocycles. The van der Waals surface area contributed by atoms with Gasteiger partial charge in [-0.05, 0) is 49.2 Å². The molecule has 35 heavy (non-hydrogen) atoms. The van der Waals surface area contributed by atoms with Crippen molar-refractivity contribution in [3.8, 4) is 5.75 Å². The molecule has 0 fully saturated rings. The van der Waals surface area contributed by atoms with Gasteiger partial charge in [-0.1, -0.05) is 60.2 Å². The Balaban J connectivity index is 1.70. The summed E-state index contributed by atoms with van der Waals surface area (Å²) in [4.78, 5) is 24.5. The van der Waals surface area contributed by atoms with E-state index in [1.165, 1.54) is 24.3 Å². The minimum Gasteiger partial charge on any atom is -0.466 e. The van der Waals surface area contributed by atoms with Gasteiger partial charge in [0.15, 0.2) is 0 Å². The van der Waals surface area contributed by atoms with Crippen LogP contribution in [0.4, 0.5) is 4.79 Å². The lowest BCUT2D eigenvalue weighted by molar-refractivity contribution is -0.143. The third-order valence-corrected chi connectivity index (χ3v) is 6.24. The number of nitrogens with one attached hydrogen (secondary N) is 1. The van der Waals surface area contributed by atoms with E-state index >= 15 is 0 Å². The lowest BCUT2D eigenvalue weighted by Gasteiger charge is -2.19. The Hall–Kier alpha value is -3.85. The molecule has 9 heteroatoms. The van der Waals surface area contributed by atoms with E-state index in [1.807, 2.05) is 37.3 Å². The normalized spacial score (nSPS) is 11.8. The summed E-state index contributed by atoms with van der Waals surface area (Å²) in [7, 11) is -4.01. The molecule has 1 amide bonds. The van der Waals surface area contributed by atoms with Crippen LogP contribution in [0.5, 0.6) is 5.75 Å². The van der Waals surface area contributed by atoms with E-state index < -0.39 is 28.2 Å². The molecule has 184 valence electrons. The molecule has 0 bridgehead atoms. The molecule has 1 atom stereocenters. The fourth-order valence-electron chi connectivity index (χ4n) is 3.18. The summed E-state index contributed by atoms with van der Waals surface area (Å²) >= 11 is 0. The summed E-state index contributed by atoms with van der Waals surface area (Å²) < 4.78 is 40.6. The number of benzene rings is 3. The summed E-state index contributed by atoms with van der Waals surface area (Å²) in [5.41, 5.74) is 2.30. The van der Waals surface area contributed by atoms with Crippen LogP contribution in [-0.2, 0) is 31.0 Å². The van der Waals surface area contributed by atoms with Crippen molar-refractivity contribution in [2.24, 2.45) is 0 Å². The minimum atomic E-state index is -4.01. The number of ether oxygens (including phenoxy) is 2. The maximum Gasteiger partial charge on any atom is 0.407 e. The summed E-state index contributed by atoms with van der Waals surface area (Å²) in [5, 5.41) is 2.67. The van der Waals surface area contributed by atoms with Crippen molar-refractivity contribution in [3.63, 3.8) is 0 Å². The van der Waals surface area contributed by atoms with Gasteiger partial charge >= 0.3 is 22.2 Å². The Morgan fingerprint density at radius 3 is 2.17 bits per heavy atom. The molecule has 1 unspecified atom stereocenters. The van der Waals surface area contributed by atoms with Crippen molar-refractivity contribution < 1.29 is 31.7 Å². The molecule has 3 rings (SSSR count). The molecule has 0 radical (unpaired) electrons. The zero-order valence-electron chi connectivity index (χ0n) is 19.5. The van der Waals surface area contributed by atoms with Gasteiger partial charge in [0.05, 0.1) is 19.1 Å². The fourth-order valence-corrected chi connectivity index (χ4v) is 4.11. The monoisotopic (exact) mass is 497 g/mol. The molecule has 0 aromatic heterocycles. The number of hydrogen-bond donors (Lipinski definition) is 1. The van der Waals surface area contributed by atoms with E-state index in [0.717, 1.165) is 11.1 Å². The second-order valence-corrected chi connectivity index (χ2v) is 9.23. The van der Waals surface area contributed by atoms with Crippen LogP contribution in [0.15, 0.2) is 83.8 Å². The van der Waals surface area contributed by atoms with Gasteiger partial charge < -0.3 is 19.0 Å². The first kappa shape index (κ1) is 25.8. The number of hydrogen-bond acceptors (Lipinski definition) is 7. The van der Waals surface area contributed by atoms with Crippen LogP contribution in [-0.4, -0.2) is 27.1 Å². The molecule has 0 spiro atoms. The lowest BCUT2D eigenvalue weighted by atomic mass is 10.0. The van der Waals surface area contributed by atoms with Crippen molar-refractivity contribution in [3.05, 3.63) is 95.6 Å². The van der Waals surface area contributed by atoms with Gasteiger partial charge in [0, 0.05) is 0 Å². The highest BCUT2D eigenvalue weighted by Crippen LogP contribution is 2.24. The van der Waals surface area contributed by atoms with E-state index in [4.69, 9.17) is 13.7 Å². The van der Waals surface area contributed by atoms with E-state index in [-0.39, 0.29) is 30.3 Å². The molecular formula is C26H27NO7S. The highest BCUT2D eigenvalue weighted by Gasteiger charge is 2.21. The molecule has 3 aromatic carbocycles. The van der Waals surface area contributed by atoms with Gasteiger partial charge in [0.1, 0.15) is 17.3 Å². The number of carbonyl (C=O) groups excluding carboxylic acids is 2. The first-order valence-electron chi connectivity index (χ1n) is 11.0. The highest BCUT2D eigenvalue weighted by atomic mass is 32.2. The number of alkyl carbamates (subject to hydrolysis) is 1. The molecule has 0 saturated carbocycles. The number of esters is 1. The number of carbonyl (C=O) groups is 2. The SMILES string of the molecule is CCOC(=O)CC(NC(=O)OCc1ccccc1)c1ccc(OS(=O)(=O)c2ccc(C)cc2)cc1. The molecule has 8 nitrogen and oxygen atoms in total. The largest absolute Gasteiger partial charge is 0.466 e. The van der Waals surface area contributed by atoms with Crippen molar-refractivity contribution in [1.82, 2.24) is 5.32 Å². The number of rotatable bonds is 10. The second-order valence-electron chi connectivity index (χ2n) is 7.69. The quantitative estimate of drug-likeness (QED) is 0.320. The fraction of sp³-hybridized carbons (Fsp3) is 0.231. The molecule has 0 aliphatic rings. The zero-order chi connectivity index (χ0) is 25.3. The van der Waals surface area contributed by atoms with Crippen LogP contribution >= 0.6 is 0 Å². The molecule has 1 N–H and O–H groups in total. The molecule has 0 aliphatic heterocycles. The van der Waals surface area contributed by atoms with Crippen molar-refractivity contribution >= 4 is 22.2 Å². The summed E-state index contributed by atoms with van der Waals surface area (Å²) in [6, 6.07) is 20.8. The van der Waals surface area contributed by atoms with Crippen LogP contribution < -0.4 is 9.50 Å². The Labute approximate surface area is 205 Å². The van der Waals surface area contributed by atoms with E-state index in [0.29, 0.717) is 5.56 Å². The van der Waals surface area contributed by atoms with Gasteiger partial charge in [-0.15, -0.1) is 0 Å². The first-order valence-corrected chi connectivity index (χ1v) is 12.4. The van der Waals surface area contributed by atoms with Crippen LogP contribution in [0.1, 0.15) is 36.1 Å². The maximum atomic E-state index is 12.5. The Morgan fingerprint density at radius 1 is 0.886 bits per heavy atom. The smallest absolute Gasteiger partial charge is 0.407 e. The van der Waals surface area contributed by atoms with Gasteiger partial charge in [0.25, 0.3) is 0 Å². The topological polar surface area (TPSA) is 108 Å². The maximum absolute atomic E-state index is 12.5. The predicted octanol–water partition coefficient (Wildman–Crippen LogP) is 4.68. The van der Waals surface area contributed by atoms with Crippen molar-refractivity contribution in [2.75, 3.05) is 6.61 Å². The van der Waals surface area contributed by atoms with Crippen molar-refractivity contribution in [2.45, 2.75) is 37.8 Å². The predicted molar refractivity (Wildman–Crippen MR) is 129 cm³/mol. The molecule has 0 aliphatic carbocycles. The Bertz CT molecular complexity index is 1220. The van der Waals surface area contributed by atoms with Gasteiger partial charge in [-0.25, -0.2) is 4.79 Å². The van der Waals surface area contributed by atoms with E-state index in [1.54, 1.807) is 31.2 Å². The minimum absolute atomic E-state index is 0.0372. The Kier molecular flexibility index (Phi) is 8.86. The average molecular weight is 498 g/mol. The third-order valence-electron chi connectivity index (χ3n) is 4.98. The van der Waals surface area contributed by atoms with Gasteiger partial charge in [-0.3, -0.25) is 4.79 Å². The van der Waals surface area contributed by atoms with Crippen LogP contribution in [0.25, 0.3) is 0 Å². The van der Waals surface area contributed by atoms with Gasteiger partial charge in [-0.2, -0.15) is 8.42 Å². The van der Waals surface area contributed by atoms with Gasteiger partial charge in [0.2, 0.25) is 0 Å². The average Bonchev–Trinajstić information content (AvgIpc) is 2.84. The summed E-state index contributed by atoms with van der Waals surface area (Å²) in [6.45, 7) is 3.82. The first-order chi connectivity index (χ1) is 16.8. The van der Waals surface area contributed by atoms with Crippen LogP contribution in [0, 0.1) is 6.92 Å². The summed E-state index contributed by atoms with van der Waals surface area (Å²) in [6.07, 6.45) is -0.832. The Morgan fingerprint density at radius 2 is 1.54 bits per heavy atom. The third kappa shape index (κ3) is 7.86. The second kappa shape index (κ2) is 12.0. The molecule has 3 aromatic rings. The van der Waals surface area contributed by atoms with Crippen LogP contribution in [0.3, 0.4) is 0 Å².